The first-order valence-corrected chi connectivity index (χ1v) is 12.0. The molecule has 0 unspecified atom stereocenters. The monoisotopic (exact) mass is 416 g/mol. The molecule has 160 valence electrons. The van der Waals surface area contributed by atoms with E-state index in [2.05, 4.69) is 33.4 Å². The van der Waals surface area contributed by atoms with Crippen LogP contribution in [0.4, 0.5) is 17.6 Å². The lowest BCUT2D eigenvalue weighted by atomic mass is 9.96. The summed E-state index contributed by atoms with van der Waals surface area (Å²) in [4.78, 5) is 14.6. The number of anilines is 3. The summed E-state index contributed by atoms with van der Waals surface area (Å²) in [6, 6.07) is 2.67. The number of thiocarbonyl (C=S) groups is 1. The number of rotatable bonds is 4. The molecule has 0 aromatic carbocycles. The molecule has 0 bridgehead atoms. The van der Waals surface area contributed by atoms with Crippen molar-refractivity contribution in [3.63, 3.8) is 0 Å². The fourth-order valence-electron chi connectivity index (χ4n) is 4.89. The van der Waals surface area contributed by atoms with Crippen LogP contribution in [0.1, 0.15) is 71.1 Å². The van der Waals surface area contributed by atoms with Gasteiger partial charge in [-0.15, -0.1) is 0 Å². The maximum absolute atomic E-state index is 5.61. The second kappa shape index (κ2) is 9.92. The molecule has 3 heterocycles. The molecule has 7 heteroatoms. The molecule has 3 aliphatic rings. The Hall–Kier alpha value is -1.63. The molecule has 2 N–H and O–H groups in total. The van der Waals surface area contributed by atoms with Gasteiger partial charge in [-0.3, -0.25) is 0 Å². The average Bonchev–Trinajstić information content (AvgIpc) is 2.75. The summed E-state index contributed by atoms with van der Waals surface area (Å²) in [6.07, 6.45) is 12.7. The van der Waals surface area contributed by atoms with Crippen LogP contribution in [0, 0.1) is 5.92 Å². The molecule has 29 heavy (non-hydrogen) atoms. The first-order valence-electron chi connectivity index (χ1n) is 11.6. The van der Waals surface area contributed by atoms with E-state index in [-0.39, 0.29) is 0 Å². The quantitative estimate of drug-likeness (QED) is 0.709. The number of hydrogen-bond acceptors (Lipinski definition) is 5. The van der Waals surface area contributed by atoms with E-state index in [9.17, 15) is 0 Å². The van der Waals surface area contributed by atoms with Gasteiger partial charge >= 0.3 is 0 Å². The molecule has 4 rings (SSSR count). The fraction of sp³-hybridized carbons (Fsp3) is 0.773. The van der Waals surface area contributed by atoms with Crippen LogP contribution in [0.15, 0.2) is 6.07 Å². The second-order valence-electron chi connectivity index (χ2n) is 9.08. The highest BCUT2D eigenvalue weighted by atomic mass is 32.1. The highest BCUT2D eigenvalue weighted by Gasteiger charge is 2.22. The van der Waals surface area contributed by atoms with Gasteiger partial charge in [0.2, 0.25) is 5.95 Å². The molecule has 1 atom stereocenters. The van der Waals surface area contributed by atoms with E-state index in [0.29, 0.717) is 23.0 Å². The molecule has 3 fully saturated rings. The zero-order valence-corrected chi connectivity index (χ0v) is 18.6. The van der Waals surface area contributed by atoms with Crippen molar-refractivity contribution in [2.75, 3.05) is 41.3 Å². The Labute approximate surface area is 180 Å². The standard InChI is InChI=1S/C22H36N6S/c1-17-9-8-14-28(16-17)20-15-19(27-12-6-3-7-13-27)24-21(25-20)26-22(29)23-18-10-4-2-5-11-18/h15,17-18H,2-14,16H2,1H3,(H2,23,24,25,26,29)/t17-/m1/s1. The zero-order valence-electron chi connectivity index (χ0n) is 17.8. The summed E-state index contributed by atoms with van der Waals surface area (Å²) in [5, 5.41) is 7.45. The zero-order chi connectivity index (χ0) is 20.1. The number of nitrogens with zero attached hydrogens (tertiary/aromatic N) is 4. The molecule has 6 nitrogen and oxygen atoms in total. The Morgan fingerprint density at radius 2 is 1.55 bits per heavy atom. The summed E-state index contributed by atoms with van der Waals surface area (Å²) >= 11 is 5.61. The first-order chi connectivity index (χ1) is 14.2. The fourth-order valence-corrected chi connectivity index (χ4v) is 5.15. The molecule has 2 aliphatic heterocycles. The first kappa shape index (κ1) is 20.6. The van der Waals surface area contributed by atoms with Gasteiger partial charge in [0.05, 0.1) is 0 Å². The van der Waals surface area contributed by atoms with Crippen LogP contribution in [0.25, 0.3) is 0 Å². The van der Waals surface area contributed by atoms with Crippen molar-refractivity contribution in [2.45, 2.75) is 77.2 Å². The van der Waals surface area contributed by atoms with E-state index in [1.807, 2.05) is 0 Å². The number of aromatic nitrogens is 2. The van der Waals surface area contributed by atoms with E-state index >= 15 is 0 Å². The topological polar surface area (TPSA) is 56.3 Å². The third-order valence-electron chi connectivity index (χ3n) is 6.53. The Morgan fingerprint density at radius 1 is 0.897 bits per heavy atom. The minimum atomic E-state index is 0.483. The Bertz CT molecular complexity index is 684. The van der Waals surface area contributed by atoms with Gasteiger partial charge in [-0.2, -0.15) is 9.97 Å². The molecule has 1 aliphatic carbocycles. The molecular weight excluding hydrogens is 380 g/mol. The van der Waals surface area contributed by atoms with Crippen molar-refractivity contribution in [3.8, 4) is 0 Å². The van der Waals surface area contributed by atoms with Gasteiger partial charge in [0, 0.05) is 38.3 Å². The normalized spacial score (nSPS) is 23.7. The van der Waals surface area contributed by atoms with Gasteiger partial charge in [-0.25, -0.2) is 0 Å². The second-order valence-corrected chi connectivity index (χ2v) is 9.49. The smallest absolute Gasteiger partial charge is 0.232 e. The van der Waals surface area contributed by atoms with Gasteiger partial charge in [-0.1, -0.05) is 26.2 Å². The Balaban J connectivity index is 1.51. The molecule has 1 aromatic heterocycles. The molecule has 0 spiro atoms. The van der Waals surface area contributed by atoms with Crippen LogP contribution in [0.5, 0.6) is 0 Å². The SMILES string of the molecule is C[C@@H]1CCCN(c2cc(N3CCCCC3)nc(NC(=S)NC3CCCCC3)n2)C1. The molecule has 0 radical (unpaired) electrons. The lowest BCUT2D eigenvalue weighted by Gasteiger charge is -2.33. The van der Waals surface area contributed by atoms with Crippen molar-refractivity contribution in [1.82, 2.24) is 15.3 Å². The number of piperidine rings is 2. The summed E-state index contributed by atoms with van der Waals surface area (Å²) in [7, 11) is 0. The van der Waals surface area contributed by atoms with Crippen LogP contribution >= 0.6 is 12.2 Å². The lowest BCUT2D eigenvalue weighted by molar-refractivity contribution is 0.414. The Morgan fingerprint density at radius 3 is 2.28 bits per heavy atom. The van der Waals surface area contributed by atoms with E-state index in [1.165, 1.54) is 64.2 Å². The predicted octanol–water partition coefficient (Wildman–Crippen LogP) is 4.32. The van der Waals surface area contributed by atoms with E-state index in [0.717, 1.165) is 37.8 Å². The van der Waals surface area contributed by atoms with Crippen molar-refractivity contribution < 1.29 is 0 Å². The molecule has 1 saturated carbocycles. The van der Waals surface area contributed by atoms with Crippen molar-refractivity contribution in [3.05, 3.63) is 6.07 Å². The van der Waals surface area contributed by atoms with Gasteiger partial charge in [-0.05, 0) is 63.1 Å². The molecule has 1 aromatic rings. The van der Waals surface area contributed by atoms with Crippen LogP contribution in [-0.2, 0) is 0 Å². The van der Waals surface area contributed by atoms with E-state index in [4.69, 9.17) is 22.2 Å². The highest BCUT2D eigenvalue weighted by molar-refractivity contribution is 7.80. The molecular formula is C22H36N6S. The maximum atomic E-state index is 5.61. The van der Waals surface area contributed by atoms with Gasteiger partial charge in [0.15, 0.2) is 5.11 Å². The minimum absolute atomic E-state index is 0.483. The highest BCUT2D eigenvalue weighted by Crippen LogP contribution is 2.27. The summed E-state index contributed by atoms with van der Waals surface area (Å²) in [6.45, 7) is 6.64. The van der Waals surface area contributed by atoms with Crippen molar-refractivity contribution >= 4 is 34.9 Å². The predicted molar refractivity (Wildman–Crippen MR) is 125 cm³/mol. The Kier molecular flexibility index (Phi) is 7.06. The van der Waals surface area contributed by atoms with Crippen LogP contribution in [0.3, 0.4) is 0 Å². The number of hydrogen-bond donors (Lipinski definition) is 2. The molecule has 2 saturated heterocycles. The lowest BCUT2D eigenvalue weighted by Crippen LogP contribution is -2.39. The van der Waals surface area contributed by atoms with Crippen LogP contribution < -0.4 is 20.4 Å². The summed E-state index contributed by atoms with van der Waals surface area (Å²) in [5.41, 5.74) is 0. The van der Waals surface area contributed by atoms with Crippen molar-refractivity contribution in [1.29, 1.82) is 0 Å². The third kappa shape index (κ3) is 5.71. The van der Waals surface area contributed by atoms with E-state index in [1.54, 1.807) is 0 Å². The maximum Gasteiger partial charge on any atom is 0.232 e. The van der Waals surface area contributed by atoms with Crippen LogP contribution in [0.2, 0.25) is 0 Å². The van der Waals surface area contributed by atoms with Crippen LogP contribution in [-0.4, -0.2) is 47.3 Å². The third-order valence-corrected chi connectivity index (χ3v) is 6.75. The van der Waals surface area contributed by atoms with Gasteiger partial charge < -0.3 is 20.4 Å². The van der Waals surface area contributed by atoms with Gasteiger partial charge in [0.25, 0.3) is 0 Å². The number of nitrogens with one attached hydrogen (secondary N) is 2. The van der Waals surface area contributed by atoms with E-state index < -0.39 is 0 Å². The van der Waals surface area contributed by atoms with Gasteiger partial charge in [0.1, 0.15) is 11.6 Å². The minimum Gasteiger partial charge on any atom is -0.360 e. The van der Waals surface area contributed by atoms with Crippen molar-refractivity contribution in [2.24, 2.45) is 5.92 Å². The summed E-state index contributed by atoms with van der Waals surface area (Å²) < 4.78 is 0. The summed E-state index contributed by atoms with van der Waals surface area (Å²) in [5.74, 6) is 3.42. The largest absolute Gasteiger partial charge is 0.360 e. The molecule has 0 amide bonds. The average molecular weight is 417 g/mol.